The molecule has 0 spiro atoms. The number of carbonyl (C=O) groups excluding carboxylic acids is 2. The lowest BCUT2D eigenvalue weighted by Gasteiger charge is -2.50. The van der Waals surface area contributed by atoms with Gasteiger partial charge in [0.25, 0.3) is 0 Å². The third-order valence-electron chi connectivity index (χ3n) is 4.48. The summed E-state index contributed by atoms with van der Waals surface area (Å²) in [5.41, 5.74) is 4.82. The number of ether oxygens (including phenoxy) is 1. The highest BCUT2D eigenvalue weighted by Gasteiger charge is 2.55. The summed E-state index contributed by atoms with van der Waals surface area (Å²) in [5, 5.41) is 0. The maximum atomic E-state index is 11.9. The van der Waals surface area contributed by atoms with E-state index in [0.717, 1.165) is 38.5 Å². The van der Waals surface area contributed by atoms with Crippen LogP contribution in [0.5, 0.6) is 0 Å². The maximum absolute atomic E-state index is 11.9. The van der Waals surface area contributed by atoms with E-state index in [9.17, 15) is 9.59 Å². The van der Waals surface area contributed by atoms with Crippen LogP contribution >= 0.6 is 0 Å². The Morgan fingerprint density at radius 1 is 1.06 bits per heavy atom. The van der Waals surface area contributed by atoms with Crippen LogP contribution in [-0.4, -0.2) is 18.5 Å². The lowest BCUT2D eigenvalue weighted by Crippen LogP contribution is -2.51. The van der Waals surface area contributed by atoms with Gasteiger partial charge in [0.1, 0.15) is 0 Å². The van der Waals surface area contributed by atoms with E-state index in [0.29, 0.717) is 6.61 Å². The van der Waals surface area contributed by atoms with Gasteiger partial charge in [-0.15, -0.1) is 0 Å². The number of amides is 1. The molecule has 0 saturated heterocycles. The molecule has 0 radical (unpaired) electrons. The second-order valence-corrected chi connectivity index (χ2v) is 5.15. The van der Waals surface area contributed by atoms with E-state index >= 15 is 0 Å². The second kappa shape index (κ2) is 3.75. The first-order chi connectivity index (χ1) is 7.55. The molecular formula is C12H19NO3. The first kappa shape index (κ1) is 11.4. The van der Waals surface area contributed by atoms with Crippen molar-refractivity contribution in [1.82, 2.24) is 0 Å². The molecule has 2 bridgehead atoms. The minimum absolute atomic E-state index is 0.0761. The van der Waals surface area contributed by atoms with Gasteiger partial charge in [-0.2, -0.15) is 0 Å². The fraction of sp³-hybridized carbons (Fsp3) is 0.833. The zero-order valence-corrected chi connectivity index (χ0v) is 9.75. The molecule has 0 aromatic carbocycles. The first-order valence-electron chi connectivity index (χ1n) is 6.02. The smallest absolute Gasteiger partial charge is 0.312 e. The number of fused-ring (bicyclic) bond motifs is 3. The van der Waals surface area contributed by atoms with Crippen molar-refractivity contribution in [3.63, 3.8) is 0 Å². The quantitative estimate of drug-likeness (QED) is 0.737. The molecule has 0 atom stereocenters. The maximum Gasteiger partial charge on any atom is 0.312 e. The fourth-order valence-electron chi connectivity index (χ4n) is 3.15. The molecule has 3 rings (SSSR count). The highest BCUT2D eigenvalue weighted by molar-refractivity contribution is 5.83. The Labute approximate surface area is 95.5 Å². The van der Waals surface area contributed by atoms with Gasteiger partial charge >= 0.3 is 5.97 Å². The predicted molar refractivity (Wildman–Crippen MR) is 58.4 cm³/mol. The largest absolute Gasteiger partial charge is 0.466 e. The third-order valence-corrected chi connectivity index (χ3v) is 4.48. The van der Waals surface area contributed by atoms with Gasteiger partial charge in [0.15, 0.2) is 0 Å². The normalized spacial score (nSPS) is 37.1. The predicted octanol–water partition coefficient (Wildman–Crippen LogP) is 1.38. The number of esters is 1. The van der Waals surface area contributed by atoms with Crippen LogP contribution < -0.4 is 5.73 Å². The molecule has 0 aliphatic heterocycles. The van der Waals surface area contributed by atoms with E-state index in [1.807, 2.05) is 6.92 Å². The lowest BCUT2D eigenvalue weighted by atomic mass is 9.53. The van der Waals surface area contributed by atoms with Gasteiger partial charge in [-0.05, 0) is 45.4 Å². The first-order valence-corrected chi connectivity index (χ1v) is 6.02. The van der Waals surface area contributed by atoms with Crippen LogP contribution in [0.15, 0.2) is 0 Å². The number of carbonyl (C=O) groups is 2. The lowest BCUT2D eigenvalue weighted by molar-refractivity contribution is -0.168. The zero-order chi connectivity index (χ0) is 11.8. The molecule has 3 saturated carbocycles. The van der Waals surface area contributed by atoms with Crippen molar-refractivity contribution in [3.05, 3.63) is 0 Å². The van der Waals surface area contributed by atoms with Gasteiger partial charge in [0, 0.05) is 5.41 Å². The Kier molecular flexibility index (Phi) is 2.68. The summed E-state index contributed by atoms with van der Waals surface area (Å²) in [6, 6.07) is 0. The highest BCUT2D eigenvalue weighted by Crippen LogP contribution is 2.57. The van der Waals surface area contributed by atoms with E-state index < -0.39 is 0 Å². The minimum Gasteiger partial charge on any atom is -0.466 e. The average molecular weight is 225 g/mol. The Bertz CT molecular complexity index is 300. The molecular weight excluding hydrogens is 206 g/mol. The van der Waals surface area contributed by atoms with Gasteiger partial charge in [-0.3, -0.25) is 9.59 Å². The molecule has 3 aliphatic carbocycles. The molecule has 16 heavy (non-hydrogen) atoms. The van der Waals surface area contributed by atoms with E-state index in [-0.39, 0.29) is 22.7 Å². The molecule has 0 aromatic rings. The number of primary amides is 1. The summed E-state index contributed by atoms with van der Waals surface area (Å²) >= 11 is 0. The summed E-state index contributed by atoms with van der Waals surface area (Å²) in [6.45, 7) is 2.26. The van der Waals surface area contributed by atoms with Crippen molar-refractivity contribution < 1.29 is 14.3 Å². The molecule has 1 amide bonds. The number of rotatable bonds is 3. The van der Waals surface area contributed by atoms with Crippen molar-refractivity contribution in [3.8, 4) is 0 Å². The van der Waals surface area contributed by atoms with Crippen molar-refractivity contribution in [2.75, 3.05) is 6.61 Å². The van der Waals surface area contributed by atoms with Crippen molar-refractivity contribution in [1.29, 1.82) is 0 Å². The molecule has 4 heteroatoms. The Morgan fingerprint density at radius 2 is 1.50 bits per heavy atom. The molecule has 90 valence electrons. The van der Waals surface area contributed by atoms with Crippen molar-refractivity contribution in [2.24, 2.45) is 16.6 Å². The SMILES string of the molecule is CCOC(=O)C12CCC(C(N)=O)(CC1)CC2. The molecule has 4 nitrogen and oxygen atoms in total. The Hall–Kier alpha value is -1.06. The Balaban J connectivity index is 2.11. The van der Waals surface area contributed by atoms with Crippen LogP contribution in [-0.2, 0) is 14.3 Å². The van der Waals surface area contributed by atoms with Crippen LogP contribution in [0.3, 0.4) is 0 Å². The van der Waals surface area contributed by atoms with Gasteiger partial charge in [0.05, 0.1) is 12.0 Å². The molecule has 3 fully saturated rings. The van der Waals surface area contributed by atoms with E-state index in [1.165, 1.54) is 0 Å². The van der Waals surface area contributed by atoms with Crippen LogP contribution in [0, 0.1) is 10.8 Å². The van der Waals surface area contributed by atoms with E-state index in [1.54, 1.807) is 0 Å². The van der Waals surface area contributed by atoms with Crippen molar-refractivity contribution in [2.45, 2.75) is 45.4 Å². The highest BCUT2D eigenvalue weighted by atomic mass is 16.5. The summed E-state index contributed by atoms with van der Waals surface area (Å²) < 4.78 is 5.14. The fourth-order valence-corrected chi connectivity index (χ4v) is 3.15. The van der Waals surface area contributed by atoms with Gasteiger partial charge in [-0.1, -0.05) is 0 Å². The van der Waals surface area contributed by atoms with Gasteiger partial charge in [-0.25, -0.2) is 0 Å². The Morgan fingerprint density at radius 3 is 1.88 bits per heavy atom. The number of nitrogens with two attached hydrogens (primary N) is 1. The topological polar surface area (TPSA) is 69.4 Å². The second-order valence-electron chi connectivity index (χ2n) is 5.15. The summed E-state index contributed by atoms with van der Waals surface area (Å²) in [4.78, 5) is 23.3. The summed E-state index contributed by atoms with van der Waals surface area (Å²) in [6.07, 6.45) is 4.53. The minimum atomic E-state index is -0.325. The summed E-state index contributed by atoms with van der Waals surface area (Å²) in [5.74, 6) is -0.266. The van der Waals surface area contributed by atoms with Crippen LogP contribution in [0.2, 0.25) is 0 Å². The van der Waals surface area contributed by atoms with Crippen LogP contribution in [0.25, 0.3) is 0 Å². The van der Waals surface area contributed by atoms with Crippen LogP contribution in [0.1, 0.15) is 45.4 Å². The number of hydrogen-bond donors (Lipinski definition) is 1. The molecule has 0 heterocycles. The molecule has 0 unspecified atom stereocenters. The van der Waals surface area contributed by atoms with Gasteiger partial charge < -0.3 is 10.5 Å². The van der Waals surface area contributed by atoms with E-state index in [4.69, 9.17) is 10.5 Å². The zero-order valence-electron chi connectivity index (χ0n) is 9.75. The van der Waals surface area contributed by atoms with Crippen molar-refractivity contribution >= 4 is 11.9 Å². The third kappa shape index (κ3) is 1.51. The molecule has 3 aliphatic rings. The standard InChI is InChI=1S/C12H19NO3/c1-2-16-10(15)12-6-3-11(4-7-12,5-8-12)9(13)14/h2-8H2,1H3,(H2,13,14). The number of hydrogen-bond acceptors (Lipinski definition) is 3. The summed E-state index contributed by atoms with van der Waals surface area (Å²) in [7, 11) is 0. The average Bonchev–Trinajstić information content (AvgIpc) is 2.31. The van der Waals surface area contributed by atoms with Crippen LogP contribution in [0.4, 0.5) is 0 Å². The monoisotopic (exact) mass is 225 g/mol. The van der Waals surface area contributed by atoms with Gasteiger partial charge in [0.2, 0.25) is 5.91 Å². The van der Waals surface area contributed by atoms with E-state index in [2.05, 4.69) is 0 Å². The molecule has 2 N–H and O–H groups in total. The molecule has 0 aromatic heterocycles.